The summed E-state index contributed by atoms with van der Waals surface area (Å²) in [5, 5.41) is 0. The number of para-hydroxylation sites is 2. The third kappa shape index (κ3) is 9.04. The first-order valence-electron chi connectivity index (χ1n) is 13.8. The molecule has 0 unspecified atom stereocenters. The summed E-state index contributed by atoms with van der Waals surface area (Å²) in [7, 11) is -3.29. The van der Waals surface area contributed by atoms with Gasteiger partial charge in [-0.3, -0.25) is 4.52 Å². The molecule has 0 spiro atoms. The van der Waals surface area contributed by atoms with E-state index in [1.165, 1.54) is 7.11 Å². The summed E-state index contributed by atoms with van der Waals surface area (Å²) in [4.78, 5) is 26.2. The summed E-state index contributed by atoms with van der Waals surface area (Å²) in [6, 6.07) is 24.6. The van der Waals surface area contributed by atoms with Crippen LogP contribution in [0.15, 0.2) is 91.0 Å². The second kappa shape index (κ2) is 14.7. The van der Waals surface area contributed by atoms with E-state index in [4.69, 9.17) is 43.0 Å². The van der Waals surface area contributed by atoms with Gasteiger partial charge in [-0.2, -0.15) is 0 Å². The topological polar surface area (TPSA) is 151 Å². The van der Waals surface area contributed by atoms with Gasteiger partial charge in [0, 0.05) is 13.7 Å². The molecule has 2 N–H and O–H groups in total. The van der Waals surface area contributed by atoms with E-state index in [-0.39, 0.29) is 23.6 Å². The third-order valence-corrected chi connectivity index (χ3v) is 7.47. The molecular weight excluding hydrogens is 593 g/mol. The number of carbonyl (C=O) groups excluding carboxylic acids is 2. The number of ether oxygens (including phenoxy) is 5. The smallest absolute Gasteiger partial charge is 0.449 e. The van der Waals surface area contributed by atoms with Gasteiger partial charge in [-0.05, 0) is 57.2 Å². The third-order valence-electron chi connectivity index (χ3n) is 6.10. The van der Waals surface area contributed by atoms with Gasteiger partial charge in [-0.1, -0.05) is 54.6 Å². The van der Waals surface area contributed by atoms with E-state index in [2.05, 4.69) is 0 Å². The number of carbonyl (C=O) groups is 2. The van der Waals surface area contributed by atoms with Crippen LogP contribution < -0.4 is 14.8 Å². The SMILES string of the molecule is CO[C@H]1O[C@H](CN)[C@@H](OP(=O)(Oc2ccccc2)Oc2ccccc2)[C@H](OC(=O)OC(C)(C)C)[C@H]1OC(=O)c1ccccc1. The van der Waals surface area contributed by atoms with Gasteiger partial charge in [0.05, 0.1) is 5.56 Å². The van der Waals surface area contributed by atoms with E-state index in [1.54, 1.807) is 112 Å². The van der Waals surface area contributed by atoms with Crippen molar-refractivity contribution in [3.8, 4) is 11.5 Å². The molecule has 1 saturated heterocycles. The molecule has 0 saturated carbocycles. The van der Waals surface area contributed by atoms with Crippen molar-refractivity contribution in [3.05, 3.63) is 96.6 Å². The summed E-state index contributed by atoms with van der Waals surface area (Å²) < 4.78 is 60.4. The van der Waals surface area contributed by atoms with Crippen molar-refractivity contribution in [2.24, 2.45) is 5.73 Å². The standard InChI is InChI=1S/C31H36NO11P/c1-31(2,3)40-30(34)39-26-25(24(20-32)37-29(36-4)27(26)38-28(33)21-14-8-5-9-15-21)43-44(35,41-22-16-10-6-11-17-22)42-23-18-12-7-13-19-23/h5-19,24-27,29H,20,32H2,1-4H3/t24-,25-,26+,27-,29+/m1/s1. The molecule has 1 fully saturated rings. The summed E-state index contributed by atoms with van der Waals surface area (Å²) in [6.07, 6.45) is -7.91. The molecule has 0 radical (unpaired) electrons. The lowest BCUT2D eigenvalue weighted by atomic mass is 9.98. The molecule has 12 nitrogen and oxygen atoms in total. The highest BCUT2D eigenvalue weighted by Gasteiger charge is 2.55. The number of benzene rings is 3. The first kappa shape index (κ1) is 33.0. The van der Waals surface area contributed by atoms with Crippen molar-refractivity contribution < 1.29 is 51.4 Å². The van der Waals surface area contributed by atoms with Crippen molar-refractivity contribution in [1.82, 2.24) is 0 Å². The Morgan fingerprint density at radius 3 is 1.80 bits per heavy atom. The second-order valence-electron chi connectivity index (χ2n) is 10.6. The van der Waals surface area contributed by atoms with Crippen LogP contribution in [0.4, 0.5) is 4.79 Å². The molecule has 1 aliphatic rings. The van der Waals surface area contributed by atoms with Crippen LogP contribution >= 0.6 is 7.82 Å². The number of phosphoric acid groups is 1. The van der Waals surface area contributed by atoms with Gasteiger partial charge < -0.3 is 38.5 Å². The maximum Gasteiger partial charge on any atom is 0.588 e. The fraction of sp³-hybridized carbons (Fsp3) is 0.355. The Balaban J connectivity index is 1.74. The lowest BCUT2D eigenvalue weighted by molar-refractivity contribution is -0.285. The van der Waals surface area contributed by atoms with Gasteiger partial charge in [-0.15, -0.1) is 0 Å². The zero-order chi connectivity index (χ0) is 31.7. The highest BCUT2D eigenvalue weighted by molar-refractivity contribution is 7.49. The summed E-state index contributed by atoms with van der Waals surface area (Å²) >= 11 is 0. The van der Waals surface area contributed by atoms with Crippen molar-refractivity contribution in [3.63, 3.8) is 0 Å². The molecule has 0 amide bonds. The van der Waals surface area contributed by atoms with Crippen LogP contribution in [0.3, 0.4) is 0 Å². The van der Waals surface area contributed by atoms with Gasteiger partial charge in [-0.25, -0.2) is 14.2 Å². The minimum absolute atomic E-state index is 0.166. The summed E-state index contributed by atoms with van der Waals surface area (Å²) in [5.74, 6) is -0.438. The molecule has 236 valence electrons. The van der Waals surface area contributed by atoms with Crippen molar-refractivity contribution in [2.45, 2.75) is 57.1 Å². The second-order valence-corrected chi connectivity index (χ2v) is 12.1. The molecule has 4 rings (SSSR count). The Morgan fingerprint density at radius 1 is 0.795 bits per heavy atom. The molecule has 1 heterocycles. The van der Waals surface area contributed by atoms with E-state index >= 15 is 0 Å². The average molecular weight is 630 g/mol. The van der Waals surface area contributed by atoms with E-state index < -0.39 is 56.3 Å². The fourth-order valence-electron chi connectivity index (χ4n) is 4.23. The Kier molecular flexibility index (Phi) is 11.0. The van der Waals surface area contributed by atoms with Crippen LogP contribution in [-0.4, -0.2) is 62.1 Å². The van der Waals surface area contributed by atoms with Gasteiger partial charge in [0.2, 0.25) is 0 Å². The first-order valence-corrected chi connectivity index (χ1v) is 15.3. The number of hydrogen-bond donors (Lipinski definition) is 1. The number of rotatable bonds is 11. The van der Waals surface area contributed by atoms with Gasteiger partial charge in [0.1, 0.15) is 29.3 Å². The van der Waals surface area contributed by atoms with Crippen LogP contribution in [0.2, 0.25) is 0 Å². The van der Waals surface area contributed by atoms with Crippen LogP contribution in [-0.2, 0) is 32.8 Å². The zero-order valence-electron chi connectivity index (χ0n) is 24.8. The van der Waals surface area contributed by atoms with Crippen LogP contribution in [0, 0.1) is 0 Å². The minimum atomic E-state index is -4.60. The lowest BCUT2D eigenvalue weighted by Crippen LogP contribution is -2.63. The molecular formula is C31H36NO11P. The Hall–Kier alpha value is -3.93. The molecule has 5 atom stereocenters. The molecule has 13 heteroatoms. The van der Waals surface area contributed by atoms with Gasteiger partial charge in [0.15, 0.2) is 18.5 Å². The predicted molar refractivity (Wildman–Crippen MR) is 158 cm³/mol. The average Bonchev–Trinajstić information content (AvgIpc) is 2.99. The normalized spacial score (nSPS) is 22.0. The van der Waals surface area contributed by atoms with Crippen molar-refractivity contribution >= 4 is 19.9 Å². The maximum absolute atomic E-state index is 14.4. The monoisotopic (exact) mass is 629 g/mol. The van der Waals surface area contributed by atoms with E-state index in [9.17, 15) is 14.2 Å². The number of phosphoric ester groups is 1. The largest absolute Gasteiger partial charge is 0.588 e. The van der Waals surface area contributed by atoms with Gasteiger partial charge >= 0.3 is 19.9 Å². The molecule has 0 bridgehead atoms. The first-order chi connectivity index (χ1) is 21.0. The molecule has 3 aromatic rings. The van der Waals surface area contributed by atoms with Gasteiger partial charge in [0.25, 0.3) is 0 Å². The Morgan fingerprint density at radius 2 is 1.32 bits per heavy atom. The molecule has 0 aromatic heterocycles. The summed E-state index contributed by atoms with van der Waals surface area (Å²) in [6.45, 7) is 4.73. The number of nitrogens with two attached hydrogens (primary N) is 1. The number of methoxy groups -OCH3 is 1. The highest BCUT2D eigenvalue weighted by atomic mass is 31.2. The molecule has 0 aliphatic carbocycles. The molecule has 1 aliphatic heterocycles. The number of esters is 1. The molecule has 44 heavy (non-hydrogen) atoms. The minimum Gasteiger partial charge on any atom is -0.449 e. The lowest BCUT2D eigenvalue weighted by Gasteiger charge is -2.44. The van der Waals surface area contributed by atoms with Crippen molar-refractivity contribution in [1.29, 1.82) is 0 Å². The highest BCUT2D eigenvalue weighted by Crippen LogP contribution is 2.52. The quantitative estimate of drug-likeness (QED) is 0.210. The maximum atomic E-state index is 14.4. The fourth-order valence-corrected chi connectivity index (χ4v) is 5.66. The van der Waals surface area contributed by atoms with Crippen LogP contribution in [0.25, 0.3) is 0 Å². The van der Waals surface area contributed by atoms with Crippen molar-refractivity contribution in [2.75, 3.05) is 13.7 Å². The predicted octanol–water partition coefficient (Wildman–Crippen LogP) is 5.51. The van der Waals surface area contributed by atoms with E-state index in [0.717, 1.165) is 0 Å². The molecule has 3 aromatic carbocycles. The van der Waals surface area contributed by atoms with E-state index in [1.807, 2.05) is 0 Å². The van der Waals surface area contributed by atoms with Crippen LogP contribution in [0.1, 0.15) is 31.1 Å². The zero-order valence-corrected chi connectivity index (χ0v) is 25.7. The Bertz CT molecular complexity index is 1360. The Labute approximate surface area is 255 Å². The van der Waals surface area contributed by atoms with Crippen LogP contribution in [0.5, 0.6) is 11.5 Å². The number of hydrogen-bond acceptors (Lipinski definition) is 12. The van der Waals surface area contributed by atoms with E-state index in [0.29, 0.717) is 0 Å². The summed E-state index contributed by atoms with van der Waals surface area (Å²) in [5.41, 5.74) is 5.33.